The molecule has 2 rings (SSSR count). The highest BCUT2D eigenvalue weighted by Crippen LogP contribution is 2.51. The van der Waals surface area contributed by atoms with E-state index in [0.717, 1.165) is 46.3 Å². The number of carboxylic acids is 1. The Balaban J connectivity index is 2.16. The Morgan fingerprint density at radius 1 is 1.06 bits per heavy atom. The summed E-state index contributed by atoms with van der Waals surface area (Å²) in [6.45, 7) is 2.14. The Labute approximate surface area is 187 Å². The zero-order chi connectivity index (χ0) is 23.9. The van der Waals surface area contributed by atoms with Crippen LogP contribution >= 0.6 is 0 Å². The fraction of sp³-hybridized carbons (Fsp3) is 0.818. The second-order valence-electron chi connectivity index (χ2n) is 8.47. The minimum atomic E-state index is -2.31. The van der Waals surface area contributed by atoms with E-state index in [0.29, 0.717) is 12.8 Å². The van der Waals surface area contributed by atoms with Crippen LogP contribution in [0.5, 0.6) is 0 Å². The first-order valence-corrected chi connectivity index (χ1v) is 11.2. The summed E-state index contributed by atoms with van der Waals surface area (Å²) in [7, 11) is 2.09. The van der Waals surface area contributed by atoms with Gasteiger partial charge in [0, 0.05) is 6.42 Å². The molecule has 0 aromatic rings. The maximum Gasteiger partial charge on any atom is 0.339 e. The van der Waals surface area contributed by atoms with Crippen LogP contribution in [0, 0.1) is 11.8 Å². The van der Waals surface area contributed by atoms with E-state index < -0.39 is 66.0 Å². The lowest BCUT2D eigenvalue weighted by Crippen LogP contribution is -2.51. The maximum atomic E-state index is 13.2. The largest absolute Gasteiger partial charge is 0.481 e. The Kier molecular flexibility index (Phi) is 9.18. The van der Waals surface area contributed by atoms with Gasteiger partial charge in [0.2, 0.25) is 5.79 Å². The molecule has 32 heavy (non-hydrogen) atoms. The molecule has 10 nitrogen and oxygen atoms in total. The van der Waals surface area contributed by atoms with Crippen LogP contribution in [0.3, 0.4) is 0 Å². The van der Waals surface area contributed by atoms with E-state index in [1.54, 1.807) is 0 Å². The molecule has 182 valence electrons. The molecule has 2 aliphatic rings. The molecule has 5 atom stereocenters. The number of ketones is 1. The van der Waals surface area contributed by atoms with Crippen molar-refractivity contribution in [3.63, 3.8) is 0 Å². The number of aliphatic carboxylic acids is 1. The summed E-state index contributed by atoms with van der Waals surface area (Å²) in [5, 5.41) is 20.1. The van der Waals surface area contributed by atoms with Gasteiger partial charge in [0.25, 0.3) is 0 Å². The van der Waals surface area contributed by atoms with Gasteiger partial charge in [-0.25, -0.2) is 4.79 Å². The predicted octanol–water partition coefficient (Wildman–Crippen LogP) is 1.95. The Bertz CT molecular complexity index is 707. The van der Waals surface area contributed by atoms with Crippen molar-refractivity contribution in [3.8, 4) is 0 Å². The molecule has 2 fully saturated rings. The molecule has 0 aliphatic carbocycles. The van der Waals surface area contributed by atoms with Crippen molar-refractivity contribution in [2.24, 2.45) is 11.8 Å². The van der Waals surface area contributed by atoms with Crippen molar-refractivity contribution in [3.05, 3.63) is 0 Å². The van der Waals surface area contributed by atoms with Crippen molar-refractivity contribution < 1.29 is 48.3 Å². The number of aliphatic hydroxyl groups excluding tert-OH is 1. The number of methoxy groups -OCH3 is 2. The average Bonchev–Trinajstić information content (AvgIpc) is 3.21. The first-order valence-electron chi connectivity index (χ1n) is 11.2. The molecule has 2 heterocycles. The molecule has 1 spiro atoms. The van der Waals surface area contributed by atoms with Gasteiger partial charge in [-0.3, -0.25) is 14.4 Å². The van der Waals surface area contributed by atoms with Crippen LogP contribution in [-0.4, -0.2) is 65.8 Å². The number of carbonyl (C=O) groups is 4. The number of Topliss-reactive ketones (excluding diaryl/α,β-unsaturated/α-hetero) is 1. The molecular formula is C22H34O10. The van der Waals surface area contributed by atoms with Gasteiger partial charge >= 0.3 is 17.9 Å². The summed E-state index contributed by atoms with van der Waals surface area (Å²) < 4.78 is 20.4. The summed E-state index contributed by atoms with van der Waals surface area (Å²) in [5.74, 6) is -8.79. The van der Waals surface area contributed by atoms with E-state index in [2.05, 4.69) is 11.7 Å². The van der Waals surface area contributed by atoms with Crippen LogP contribution in [0.25, 0.3) is 0 Å². The molecule has 0 aromatic heterocycles. The van der Waals surface area contributed by atoms with Gasteiger partial charge in [-0.2, -0.15) is 0 Å². The van der Waals surface area contributed by atoms with Crippen molar-refractivity contribution in [2.75, 3.05) is 14.2 Å². The van der Waals surface area contributed by atoms with E-state index in [4.69, 9.17) is 14.2 Å². The fourth-order valence-corrected chi connectivity index (χ4v) is 4.57. The summed E-state index contributed by atoms with van der Waals surface area (Å²) in [5.41, 5.74) is -2.31. The van der Waals surface area contributed by atoms with Crippen LogP contribution in [-0.2, 0) is 38.1 Å². The summed E-state index contributed by atoms with van der Waals surface area (Å²) >= 11 is 0. The van der Waals surface area contributed by atoms with Crippen LogP contribution in [0.15, 0.2) is 0 Å². The molecule has 0 bridgehead atoms. The molecule has 2 N–H and O–H groups in total. The highest BCUT2D eigenvalue weighted by atomic mass is 16.8. The van der Waals surface area contributed by atoms with Gasteiger partial charge in [-0.1, -0.05) is 51.9 Å². The maximum absolute atomic E-state index is 13.2. The third-order valence-electron chi connectivity index (χ3n) is 6.33. The number of aliphatic hydroxyl groups is 1. The van der Waals surface area contributed by atoms with E-state index >= 15 is 0 Å². The third kappa shape index (κ3) is 5.29. The van der Waals surface area contributed by atoms with Gasteiger partial charge in [0.15, 0.2) is 17.7 Å². The standard InChI is InChI=1S/C22H34O10/c1-4-5-6-7-8-9-10-11-14-17(24)22(31-19(14)27)12-15(18(25)26)21(32-22,20(28)30-3)13-16(23)29-2/h14-15,19,27H,4-13H2,1-3H3,(H,25,26)/t14?,15-,19?,21+,22-/m1/s1. The lowest BCUT2D eigenvalue weighted by atomic mass is 9.82. The van der Waals surface area contributed by atoms with E-state index in [1.807, 2.05) is 0 Å². The molecule has 0 saturated carbocycles. The minimum Gasteiger partial charge on any atom is -0.481 e. The number of rotatable bonds is 12. The molecular weight excluding hydrogens is 424 g/mol. The second kappa shape index (κ2) is 11.2. The van der Waals surface area contributed by atoms with Gasteiger partial charge in [0.05, 0.1) is 26.6 Å². The van der Waals surface area contributed by atoms with Gasteiger partial charge < -0.3 is 29.2 Å². The molecule has 0 aromatic carbocycles. The monoisotopic (exact) mass is 458 g/mol. The van der Waals surface area contributed by atoms with E-state index in [-0.39, 0.29) is 0 Å². The zero-order valence-electron chi connectivity index (χ0n) is 19.0. The second-order valence-corrected chi connectivity index (χ2v) is 8.47. The normalized spacial score (nSPS) is 31.8. The number of carbonyl (C=O) groups excluding carboxylic acids is 3. The van der Waals surface area contributed by atoms with Crippen molar-refractivity contribution in [1.29, 1.82) is 0 Å². The average molecular weight is 459 g/mol. The molecule has 10 heteroatoms. The van der Waals surface area contributed by atoms with Crippen LogP contribution in [0.4, 0.5) is 0 Å². The van der Waals surface area contributed by atoms with Gasteiger partial charge in [0.1, 0.15) is 5.92 Å². The lowest BCUT2D eigenvalue weighted by Gasteiger charge is -2.30. The van der Waals surface area contributed by atoms with Crippen LogP contribution in [0.2, 0.25) is 0 Å². The van der Waals surface area contributed by atoms with Crippen molar-refractivity contribution >= 4 is 23.7 Å². The van der Waals surface area contributed by atoms with Crippen LogP contribution in [0.1, 0.15) is 71.1 Å². The number of hydrogen-bond acceptors (Lipinski definition) is 9. The smallest absolute Gasteiger partial charge is 0.339 e. The van der Waals surface area contributed by atoms with E-state index in [1.165, 1.54) is 6.42 Å². The quantitative estimate of drug-likeness (QED) is 0.329. The zero-order valence-corrected chi connectivity index (χ0v) is 19.0. The summed E-state index contributed by atoms with van der Waals surface area (Å²) in [4.78, 5) is 49.7. The Hall–Kier alpha value is -2.04. The molecule has 2 aliphatic heterocycles. The molecule has 0 amide bonds. The molecule has 0 radical (unpaired) electrons. The topological polar surface area (TPSA) is 146 Å². The Morgan fingerprint density at radius 2 is 1.69 bits per heavy atom. The summed E-state index contributed by atoms with van der Waals surface area (Å²) in [6.07, 6.45) is 4.75. The van der Waals surface area contributed by atoms with Gasteiger partial charge in [-0.15, -0.1) is 0 Å². The number of unbranched alkanes of at least 4 members (excludes halogenated alkanes) is 6. The molecule has 2 unspecified atom stereocenters. The third-order valence-corrected chi connectivity index (χ3v) is 6.33. The number of ether oxygens (including phenoxy) is 4. The number of hydrogen-bond donors (Lipinski definition) is 2. The number of carboxylic acid groups (broad SMARTS) is 1. The highest BCUT2D eigenvalue weighted by Gasteiger charge is 2.71. The first kappa shape index (κ1) is 26.2. The van der Waals surface area contributed by atoms with Crippen molar-refractivity contribution in [2.45, 2.75) is 88.8 Å². The minimum absolute atomic E-state index is 0.346. The lowest BCUT2D eigenvalue weighted by molar-refractivity contribution is -0.267. The Morgan fingerprint density at radius 3 is 2.25 bits per heavy atom. The SMILES string of the molecule is CCCCCCCCCC1C(=O)[C@]2(C[C@H](C(=O)O)[C@@](CC(=O)OC)(C(=O)OC)O2)OC1O. The highest BCUT2D eigenvalue weighted by molar-refractivity contribution is 5.96. The van der Waals surface area contributed by atoms with Crippen molar-refractivity contribution in [1.82, 2.24) is 0 Å². The van der Waals surface area contributed by atoms with Gasteiger partial charge in [-0.05, 0) is 6.42 Å². The van der Waals surface area contributed by atoms with E-state index in [9.17, 15) is 29.4 Å². The van der Waals surface area contributed by atoms with Crippen LogP contribution < -0.4 is 0 Å². The number of esters is 2. The molecule has 2 saturated heterocycles. The summed E-state index contributed by atoms with van der Waals surface area (Å²) in [6, 6.07) is 0. The fourth-order valence-electron chi connectivity index (χ4n) is 4.57. The first-order chi connectivity index (χ1) is 15.2. The predicted molar refractivity (Wildman–Crippen MR) is 109 cm³/mol.